The van der Waals surface area contributed by atoms with E-state index in [2.05, 4.69) is 35.1 Å². The van der Waals surface area contributed by atoms with Crippen molar-refractivity contribution in [1.82, 2.24) is 9.34 Å². The first-order valence-corrected chi connectivity index (χ1v) is 32.8. The van der Waals surface area contributed by atoms with Crippen LogP contribution in [0.2, 0.25) is 0 Å². The average molecular weight is 1170 g/mol. The van der Waals surface area contributed by atoms with Gasteiger partial charge in [0.25, 0.3) is 0 Å². The highest BCUT2D eigenvalue weighted by atomic mass is 32.9. The molecule has 19 nitrogen and oxygen atoms in total. The topological polar surface area (TPSA) is 237 Å². The Kier molecular flexibility index (Phi) is 27.6. The minimum atomic E-state index is -2.32. The van der Waals surface area contributed by atoms with E-state index in [1.807, 2.05) is 19.2 Å². The third-order valence-electron chi connectivity index (χ3n) is 11.6. The lowest BCUT2D eigenvalue weighted by Crippen LogP contribution is -2.87. The molecule has 8 N–H and O–H groups in total. The molecule has 2 amide bonds. The molecule has 76 heavy (non-hydrogen) atoms. The van der Waals surface area contributed by atoms with Crippen LogP contribution < -0.4 is 41.3 Å². The number of phenolic OH excluding ortho intramolecular Hbond substituents is 2. The van der Waals surface area contributed by atoms with Gasteiger partial charge in [-0.15, -0.1) is 23.6 Å². The number of nitrogens with two attached hydrogens (primary N) is 2. The first kappa shape index (κ1) is 62.8. The number of ether oxygens (including phenoxy) is 5. The number of hydrogen-bond acceptors (Lipinski definition) is 17. The van der Waals surface area contributed by atoms with Crippen LogP contribution in [0.3, 0.4) is 0 Å². The Morgan fingerprint density at radius 2 is 1.03 bits per heavy atom. The second-order valence-corrected chi connectivity index (χ2v) is 29.3. The van der Waals surface area contributed by atoms with Gasteiger partial charge in [0.2, 0.25) is 18.5 Å². The number of nitrogens with one attached hydrogen (secondary N) is 2. The van der Waals surface area contributed by atoms with Crippen molar-refractivity contribution in [1.29, 1.82) is 0 Å². The van der Waals surface area contributed by atoms with Crippen molar-refractivity contribution in [2.24, 2.45) is 0 Å². The third-order valence-corrected chi connectivity index (χ3v) is 21.1. The van der Waals surface area contributed by atoms with Gasteiger partial charge >= 0.3 is 11.9 Å². The standard InChI is InChI=1S/2C22H27N2O5PS2.C4H9NO.C3H7NO2/c1-2-3-4-21(26)23-16-5-10-20(25)19(15-16)22(27)29-17-6-8-18(9-7-17)30(31,32)24-11-13-28-14-12-24;1-2-3-4-21(26)23-16-5-10-19(20(25)15-16)22(27)29-17-6-8-18(9-7-17)30(31,32)24-11-13-28-14-12-24;1-3-6-4-2-5-1;1-2-5-6-3-4-1/h2*5-10,15,25H,2-4,11-14H2,1H3,(H,23,26)(H,31,32);5H,1-4H2;4H,1-3H2. The van der Waals surface area contributed by atoms with Gasteiger partial charge in [-0.1, -0.05) is 61.7 Å². The molecule has 0 radical (unpaired) electrons. The Labute approximate surface area is 465 Å². The Hall–Kier alpha value is -4.00. The highest BCUT2D eigenvalue weighted by molar-refractivity contribution is 8.57. The first-order valence-electron chi connectivity index (χ1n) is 25.3. The second kappa shape index (κ2) is 33.4. The lowest BCUT2D eigenvalue weighted by atomic mass is 10.1. The van der Waals surface area contributed by atoms with Crippen molar-refractivity contribution in [3.8, 4) is 23.0 Å². The number of esters is 2. The molecule has 4 aliphatic heterocycles. The number of carbonyl (C=O) groups excluding carboxylic acids is 4. The zero-order chi connectivity index (χ0) is 54.8. The number of rotatable bonds is 16. The van der Waals surface area contributed by atoms with Crippen LogP contribution in [-0.2, 0) is 81.7 Å². The fourth-order valence-corrected chi connectivity index (χ4v) is 13.8. The molecule has 25 heteroatoms. The summed E-state index contributed by atoms with van der Waals surface area (Å²) >= 11 is 23.0. The van der Waals surface area contributed by atoms with E-state index in [0.717, 1.165) is 75.7 Å². The van der Waals surface area contributed by atoms with Crippen LogP contribution in [0.15, 0.2) is 84.9 Å². The largest absolute Gasteiger partial charge is 0.727 e. The maximum Gasteiger partial charge on any atom is 0.347 e. The summed E-state index contributed by atoms with van der Waals surface area (Å²) in [5.74, 6) is -1.59. The van der Waals surface area contributed by atoms with Gasteiger partial charge in [-0.2, -0.15) is 4.89 Å². The molecule has 4 heterocycles. The minimum absolute atomic E-state index is 0.00216. The van der Waals surface area contributed by atoms with Crippen LogP contribution >= 0.6 is 10.8 Å². The summed E-state index contributed by atoms with van der Waals surface area (Å²) in [5.41, 5.74) is 0.804. The first-order chi connectivity index (χ1) is 36.6. The monoisotopic (exact) mass is 1160 g/mol. The van der Waals surface area contributed by atoms with Crippen molar-refractivity contribution >= 4 is 105 Å². The van der Waals surface area contributed by atoms with Crippen molar-refractivity contribution in [2.75, 3.05) is 109 Å². The van der Waals surface area contributed by atoms with E-state index < -0.39 is 22.7 Å². The van der Waals surface area contributed by atoms with E-state index in [4.69, 9.17) is 71.8 Å². The molecular weight excluding hydrogens is 1090 g/mol. The fraction of sp³-hybridized carbons (Fsp3) is 0.451. The second-order valence-electron chi connectivity index (χ2n) is 17.4. The van der Waals surface area contributed by atoms with E-state index in [1.54, 1.807) is 54.6 Å². The van der Waals surface area contributed by atoms with Crippen LogP contribution in [0.25, 0.3) is 0 Å². The molecule has 0 aliphatic carbocycles. The molecule has 0 saturated carbocycles. The van der Waals surface area contributed by atoms with Crippen LogP contribution in [-0.4, -0.2) is 142 Å². The molecule has 4 saturated heterocycles. The lowest BCUT2D eigenvalue weighted by Gasteiger charge is -2.43. The minimum Gasteiger partial charge on any atom is -0.727 e. The van der Waals surface area contributed by atoms with Crippen LogP contribution in [0.1, 0.15) is 73.1 Å². The summed E-state index contributed by atoms with van der Waals surface area (Å²) in [6, 6.07) is 22.4. The Bertz CT molecular complexity index is 2530. The summed E-state index contributed by atoms with van der Waals surface area (Å²) < 4.78 is 30.8. The molecule has 0 aromatic heterocycles. The number of hydrogen-bond donors (Lipinski definition) is 6. The van der Waals surface area contributed by atoms with Gasteiger partial charge in [0.15, 0.2) is 0 Å². The molecule has 4 aliphatic rings. The van der Waals surface area contributed by atoms with Crippen molar-refractivity contribution in [2.45, 2.75) is 52.4 Å². The average Bonchev–Trinajstić information content (AvgIpc) is 3.45. The molecule has 2 unspecified atom stereocenters. The molecule has 4 aromatic carbocycles. The number of nitrogens with zero attached hydrogens (tertiary/aromatic N) is 2. The quantitative estimate of drug-likeness (QED) is 0.0231. The summed E-state index contributed by atoms with van der Waals surface area (Å²) in [5, 5.41) is 27.2. The van der Waals surface area contributed by atoms with E-state index in [9.17, 15) is 29.4 Å². The molecule has 2 atom stereocenters. The summed E-state index contributed by atoms with van der Waals surface area (Å²) in [4.78, 5) is 58.0. The number of benzene rings is 4. The van der Waals surface area contributed by atoms with Crippen molar-refractivity contribution < 1.29 is 73.5 Å². The van der Waals surface area contributed by atoms with Crippen LogP contribution in [0.5, 0.6) is 23.0 Å². The smallest absolute Gasteiger partial charge is 0.347 e. The van der Waals surface area contributed by atoms with Gasteiger partial charge in [0.05, 0.1) is 52.7 Å². The molecule has 0 spiro atoms. The number of unbranched alkanes of at least 4 members (excludes halogenated alkanes) is 2. The van der Waals surface area contributed by atoms with Gasteiger partial charge in [0.1, 0.15) is 47.3 Å². The fourth-order valence-electron chi connectivity index (χ4n) is 7.32. The highest BCUT2D eigenvalue weighted by Gasteiger charge is 2.22. The Balaban J connectivity index is 0.000000229. The summed E-state index contributed by atoms with van der Waals surface area (Å²) in [6.07, 6.45) is 4.18. The normalized spacial score (nSPS) is 17.4. The lowest BCUT2D eigenvalue weighted by molar-refractivity contribution is -0.739. The molecule has 0 bridgehead atoms. The number of morpholine rings is 3. The summed E-state index contributed by atoms with van der Waals surface area (Å²) in [7, 11) is 0. The van der Waals surface area contributed by atoms with E-state index >= 15 is 0 Å². The number of phenols is 2. The zero-order valence-electron chi connectivity index (χ0n) is 42.9. The number of quaternary nitrogens is 2. The molecule has 4 aromatic rings. The SMILES string of the molecule is C1COCC[NH2+]1.C1COOC[NH2+]1.CCCCC(=O)Nc1ccc(C(=O)Oc2ccc(P(=S)([S-])N3CCOCC3)cc2)c(O)c1.CCCCC(=O)Nc1ccc(O)c(C(=O)Oc2ccc(P(=S)([S-])N3CCOCC3)cc2)c1. The van der Waals surface area contributed by atoms with E-state index in [0.29, 0.717) is 95.1 Å². The van der Waals surface area contributed by atoms with Gasteiger partial charge in [0, 0.05) is 56.5 Å². The number of amides is 2. The predicted molar refractivity (Wildman–Crippen MR) is 304 cm³/mol. The van der Waals surface area contributed by atoms with Gasteiger partial charge in [-0.25, -0.2) is 14.5 Å². The molecule has 4 fully saturated rings. The van der Waals surface area contributed by atoms with Gasteiger partial charge < -0.3 is 79.7 Å². The zero-order valence-corrected chi connectivity index (χ0v) is 47.9. The van der Waals surface area contributed by atoms with Crippen LogP contribution in [0.4, 0.5) is 11.4 Å². The summed E-state index contributed by atoms with van der Waals surface area (Å²) in [6.45, 7) is 15.9. The molecule has 8 rings (SSSR count). The molecular formula is C51H70N6O13P2S4. The van der Waals surface area contributed by atoms with E-state index in [1.165, 1.54) is 30.3 Å². The van der Waals surface area contributed by atoms with Gasteiger partial charge in [-0.3, -0.25) is 18.9 Å². The van der Waals surface area contributed by atoms with Crippen LogP contribution in [0, 0.1) is 0 Å². The van der Waals surface area contributed by atoms with Crippen molar-refractivity contribution in [3.63, 3.8) is 0 Å². The van der Waals surface area contributed by atoms with E-state index in [-0.39, 0.29) is 34.4 Å². The third kappa shape index (κ3) is 21.0. The number of carbonyl (C=O) groups is 4. The number of aromatic hydroxyl groups is 2. The Morgan fingerprint density at radius 3 is 1.41 bits per heavy atom. The number of anilines is 2. The van der Waals surface area contributed by atoms with Crippen molar-refractivity contribution in [3.05, 3.63) is 96.1 Å². The predicted octanol–water partition coefficient (Wildman–Crippen LogP) is 4.16. The van der Waals surface area contributed by atoms with Gasteiger partial charge in [-0.05, 0) is 78.0 Å². The highest BCUT2D eigenvalue weighted by Crippen LogP contribution is 2.48. The maximum absolute atomic E-state index is 12.6. The Morgan fingerprint density at radius 1 is 0.579 bits per heavy atom. The molecule has 416 valence electrons. The maximum atomic E-state index is 12.6.